The highest BCUT2D eigenvalue weighted by Crippen LogP contribution is 2.33. The van der Waals surface area contributed by atoms with Gasteiger partial charge < -0.3 is 14.7 Å². The van der Waals surface area contributed by atoms with Crippen LogP contribution in [0.5, 0.6) is 0 Å². The van der Waals surface area contributed by atoms with Gasteiger partial charge in [-0.05, 0) is 44.1 Å². The van der Waals surface area contributed by atoms with Crippen LogP contribution in [0.4, 0.5) is 9.93 Å². The molecular weight excluding hydrogens is 482 g/mol. The van der Waals surface area contributed by atoms with E-state index >= 15 is 0 Å². The van der Waals surface area contributed by atoms with E-state index in [9.17, 15) is 9.59 Å². The molecule has 2 aromatic rings. The van der Waals surface area contributed by atoms with Crippen LogP contribution in [0.25, 0.3) is 0 Å². The van der Waals surface area contributed by atoms with Gasteiger partial charge in [0.05, 0.1) is 29.5 Å². The quantitative estimate of drug-likeness (QED) is 0.354. The summed E-state index contributed by atoms with van der Waals surface area (Å²) in [5.41, 5.74) is 1.20. The Morgan fingerprint density at radius 2 is 1.77 bits per heavy atom. The number of aromatic nitrogens is 1. The number of ether oxygens (including phenoxy) is 1. The number of thiazole rings is 1. The van der Waals surface area contributed by atoms with Gasteiger partial charge in [-0.25, -0.2) is 9.78 Å². The Bertz CT molecular complexity index is 941. The first kappa shape index (κ1) is 26.0. The molecule has 0 atom stereocenters. The zero-order chi connectivity index (χ0) is 24.5. The van der Waals surface area contributed by atoms with E-state index in [0.29, 0.717) is 17.5 Å². The number of urea groups is 1. The molecule has 9 heteroatoms. The first-order valence-electron chi connectivity index (χ1n) is 12.6. The Hall–Kier alpha value is -2.10. The van der Waals surface area contributed by atoms with Gasteiger partial charge in [-0.3, -0.25) is 10.1 Å². The monoisotopic (exact) mass is 517 g/mol. The van der Waals surface area contributed by atoms with Crippen LogP contribution in [0, 0.1) is 0 Å². The van der Waals surface area contributed by atoms with E-state index < -0.39 is 5.97 Å². The fraction of sp³-hybridized carbons (Fsp3) is 0.577. The van der Waals surface area contributed by atoms with Crippen LogP contribution in [0.15, 0.2) is 40.7 Å². The highest BCUT2D eigenvalue weighted by molar-refractivity contribution is 8.01. The zero-order valence-electron chi connectivity index (χ0n) is 20.1. The van der Waals surface area contributed by atoms with Crippen LogP contribution in [-0.4, -0.2) is 50.9 Å². The van der Waals surface area contributed by atoms with Gasteiger partial charge in [0.15, 0.2) is 5.13 Å². The number of nitrogens with zero attached hydrogens (tertiary/aromatic N) is 2. The van der Waals surface area contributed by atoms with Crippen LogP contribution in [0.1, 0.15) is 69.8 Å². The third-order valence-electron chi connectivity index (χ3n) is 6.83. The number of carboxylic acid groups (broad SMARTS) is 1. The number of carboxylic acids is 1. The molecule has 1 heterocycles. The molecule has 2 saturated carbocycles. The van der Waals surface area contributed by atoms with Gasteiger partial charge in [0, 0.05) is 17.8 Å². The van der Waals surface area contributed by atoms with Crippen molar-refractivity contribution < 1.29 is 19.4 Å². The molecular formula is C26H35N3O4S2. The smallest absolute Gasteiger partial charge is 0.324 e. The van der Waals surface area contributed by atoms with Gasteiger partial charge in [0.1, 0.15) is 0 Å². The predicted molar refractivity (Wildman–Crippen MR) is 140 cm³/mol. The largest absolute Gasteiger partial charge is 0.481 e. The van der Waals surface area contributed by atoms with Crippen molar-refractivity contribution in [1.82, 2.24) is 9.88 Å². The molecule has 1 aromatic carbocycles. The minimum atomic E-state index is -0.807. The van der Waals surface area contributed by atoms with Crippen LogP contribution < -0.4 is 5.32 Å². The van der Waals surface area contributed by atoms with Crippen LogP contribution >= 0.6 is 23.1 Å². The molecule has 2 fully saturated rings. The maximum absolute atomic E-state index is 13.5. The average molecular weight is 518 g/mol. The SMILES string of the molecule is O=C(O)CCSc1cnc(NC(=O)N(C2CCCCC2)[C@H]2CC[C@H](OCc3ccccc3)CC2)s1. The second kappa shape index (κ2) is 13.3. The Morgan fingerprint density at radius 3 is 2.49 bits per heavy atom. The van der Waals surface area contributed by atoms with Gasteiger partial charge in [-0.15, -0.1) is 11.8 Å². The topological polar surface area (TPSA) is 91.8 Å². The van der Waals surface area contributed by atoms with Crippen LogP contribution in [0.3, 0.4) is 0 Å². The maximum atomic E-state index is 13.5. The van der Waals surface area contributed by atoms with Crippen LogP contribution in [0.2, 0.25) is 0 Å². The van der Waals surface area contributed by atoms with Gasteiger partial charge >= 0.3 is 12.0 Å². The summed E-state index contributed by atoms with van der Waals surface area (Å²) in [6.45, 7) is 0.639. The summed E-state index contributed by atoms with van der Waals surface area (Å²) in [6.07, 6.45) is 11.6. The number of benzene rings is 1. The summed E-state index contributed by atoms with van der Waals surface area (Å²) >= 11 is 2.87. The van der Waals surface area contributed by atoms with Gasteiger partial charge in [-0.2, -0.15) is 0 Å². The Morgan fingerprint density at radius 1 is 1.06 bits per heavy atom. The third kappa shape index (κ3) is 7.95. The third-order valence-corrected chi connectivity index (χ3v) is 8.94. The fourth-order valence-corrected chi connectivity index (χ4v) is 6.91. The average Bonchev–Trinajstić information content (AvgIpc) is 3.31. The lowest BCUT2D eigenvalue weighted by Crippen LogP contribution is -2.51. The lowest BCUT2D eigenvalue weighted by molar-refractivity contribution is -0.136. The van der Waals surface area contributed by atoms with E-state index in [0.717, 1.165) is 42.7 Å². The standard InChI is InChI=1S/C26H35N3O4S2/c30-23(31)15-16-34-24-17-27-25(35-24)28-26(32)29(20-9-5-2-6-10-20)21-11-13-22(14-12-21)33-18-19-7-3-1-4-8-19/h1,3-4,7-8,17,20-22H,2,5-6,9-16,18H2,(H,30,31)(H,27,28,32)/t21-,22-. The number of thioether (sulfide) groups is 1. The summed E-state index contributed by atoms with van der Waals surface area (Å²) in [4.78, 5) is 30.7. The van der Waals surface area contributed by atoms with Crippen molar-refractivity contribution >= 4 is 40.2 Å². The minimum absolute atomic E-state index is 0.0537. The van der Waals surface area contributed by atoms with E-state index in [1.807, 2.05) is 18.2 Å². The summed E-state index contributed by atoms with van der Waals surface area (Å²) in [6, 6.07) is 10.7. The van der Waals surface area contributed by atoms with Crippen molar-refractivity contribution in [1.29, 1.82) is 0 Å². The van der Waals surface area contributed by atoms with E-state index in [1.54, 1.807) is 6.20 Å². The number of carbonyl (C=O) groups is 2. The van der Waals surface area contributed by atoms with Crippen molar-refractivity contribution in [3.63, 3.8) is 0 Å². The molecule has 2 amide bonds. The fourth-order valence-electron chi connectivity index (χ4n) is 5.05. The molecule has 1 aromatic heterocycles. The second-order valence-corrected chi connectivity index (χ2v) is 11.8. The Balaban J connectivity index is 1.33. The summed E-state index contributed by atoms with van der Waals surface area (Å²) in [5, 5.41) is 12.5. The molecule has 7 nitrogen and oxygen atoms in total. The summed E-state index contributed by atoms with van der Waals surface area (Å²) in [5.74, 6) is -0.312. The van der Waals surface area contributed by atoms with Gasteiger partial charge in [0.25, 0.3) is 0 Å². The number of amides is 2. The maximum Gasteiger partial charge on any atom is 0.324 e. The first-order valence-corrected chi connectivity index (χ1v) is 14.4. The van der Waals surface area contributed by atoms with Gasteiger partial charge in [0.2, 0.25) is 0 Å². The van der Waals surface area contributed by atoms with Crippen molar-refractivity contribution in [2.24, 2.45) is 0 Å². The lowest BCUT2D eigenvalue weighted by atomic mass is 9.88. The summed E-state index contributed by atoms with van der Waals surface area (Å²) < 4.78 is 7.10. The molecule has 0 unspecified atom stereocenters. The number of aliphatic carboxylic acids is 1. The van der Waals surface area contributed by atoms with Gasteiger partial charge in [-0.1, -0.05) is 60.9 Å². The number of carbonyl (C=O) groups excluding carboxylic acids is 1. The Labute approximate surface area is 215 Å². The van der Waals surface area contributed by atoms with Crippen molar-refractivity contribution in [3.05, 3.63) is 42.1 Å². The Kier molecular flexibility index (Phi) is 9.85. The lowest BCUT2D eigenvalue weighted by Gasteiger charge is -2.42. The first-order chi connectivity index (χ1) is 17.1. The molecule has 0 aliphatic heterocycles. The van der Waals surface area contributed by atoms with Crippen LogP contribution in [-0.2, 0) is 16.1 Å². The molecule has 2 N–H and O–H groups in total. The van der Waals surface area contributed by atoms with E-state index in [4.69, 9.17) is 9.84 Å². The predicted octanol–water partition coefficient (Wildman–Crippen LogP) is 6.40. The number of hydrogen-bond acceptors (Lipinski definition) is 6. The number of anilines is 1. The molecule has 0 spiro atoms. The van der Waals surface area contributed by atoms with E-state index in [-0.39, 0.29) is 30.6 Å². The molecule has 2 aliphatic rings. The highest BCUT2D eigenvalue weighted by atomic mass is 32.2. The van der Waals surface area contributed by atoms with Crippen molar-refractivity contribution in [3.8, 4) is 0 Å². The van der Waals surface area contributed by atoms with Crippen molar-refractivity contribution in [2.45, 2.75) is 93.2 Å². The molecule has 2 aliphatic carbocycles. The molecule has 4 rings (SSSR count). The second-order valence-electron chi connectivity index (χ2n) is 9.33. The number of rotatable bonds is 10. The highest BCUT2D eigenvalue weighted by Gasteiger charge is 2.35. The van der Waals surface area contributed by atoms with Crippen molar-refractivity contribution in [2.75, 3.05) is 11.1 Å². The van der Waals surface area contributed by atoms with E-state index in [2.05, 4.69) is 27.3 Å². The molecule has 0 saturated heterocycles. The number of hydrogen-bond donors (Lipinski definition) is 2. The minimum Gasteiger partial charge on any atom is -0.481 e. The van der Waals surface area contributed by atoms with E-state index in [1.165, 1.54) is 47.9 Å². The number of nitrogens with one attached hydrogen (secondary N) is 1. The normalized spacial score (nSPS) is 20.9. The molecule has 190 valence electrons. The molecule has 0 radical (unpaired) electrons. The molecule has 0 bridgehead atoms. The summed E-state index contributed by atoms with van der Waals surface area (Å²) in [7, 11) is 0. The molecule has 35 heavy (non-hydrogen) atoms. The zero-order valence-corrected chi connectivity index (χ0v) is 21.7.